The number of hydrogen-bond donors (Lipinski definition) is 1. The number of benzene rings is 1. The van der Waals surface area contributed by atoms with Crippen LogP contribution in [-0.4, -0.2) is 5.91 Å². The van der Waals surface area contributed by atoms with Crippen molar-refractivity contribution >= 4 is 11.6 Å². The molecule has 0 aliphatic heterocycles. The molecule has 0 heterocycles. The summed E-state index contributed by atoms with van der Waals surface area (Å²) in [6.07, 6.45) is -3.95. The average molecular weight is 284 g/mol. The van der Waals surface area contributed by atoms with Crippen LogP contribution in [0, 0.1) is 16.7 Å². The molecule has 0 saturated heterocycles. The molecule has 0 aliphatic rings. The van der Waals surface area contributed by atoms with Crippen LogP contribution in [0.2, 0.25) is 0 Å². The molecule has 6 heteroatoms. The molecule has 1 rings (SSSR count). The minimum absolute atomic E-state index is 0.0898. The second-order valence-electron chi connectivity index (χ2n) is 5.06. The van der Waals surface area contributed by atoms with E-state index < -0.39 is 17.2 Å². The Morgan fingerprint density at radius 1 is 1.35 bits per heavy atom. The van der Waals surface area contributed by atoms with Gasteiger partial charge in [0.25, 0.3) is 0 Å². The lowest BCUT2D eigenvalue weighted by Crippen LogP contribution is -2.30. The Bertz CT molecular complexity index is 557. The van der Waals surface area contributed by atoms with Crippen molar-refractivity contribution in [2.24, 2.45) is 5.41 Å². The Morgan fingerprint density at radius 3 is 2.40 bits per heavy atom. The quantitative estimate of drug-likeness (QED) is 0.913. The average Bonchev–Trinajstić information content (AvgIpc) is 2.37. The third kappa shape index (κ3) is 3.50. The zero-order chi connectivity index (χ0) is 15.6. The molecule has 20 heavy (non-hydrogen) atoms. The lowest BCUT2D eigenvalue weighted by Gasteiger charge is -2.22. The van der Waals surface area contributed by atoms with Gasteiger partial charge in [0.15, 0.2) is 0 Å². The molecular weight excluding hydrogens is 269 g/mol. The Balaban J connectivity index is 3.10. The van der Waals surface area contributed by atoms with Crippen LogP contribution in [0.5, 0.6) is 0 Å². The first-order valence-corrected chi connectivity index (χ1v) is 6.04. The van der Waals surface area contributed by atoms with Crippen LogP contribution in [-0.2, 0) is 11.0 Å². The first-order valence-electron chi connectivity index (χ1n) is 6.04. The van der Waals surface area contributed by atoms with E-state index in [1.165, 1.54) is 0 Å². The van der Waals surface area contributed by atoms with Crippen molar-refractivity contribution < 1.29 is 18.0 Å². The highest BCUT2D eigenvalue weighted by molar-refractivity contribution is 5.95. The minimum Gasteiger partial charge on any atom is -0.324 e. The summed E-state index contributed by atoms with van der Waals surface area (Å²) in [6.45, 7) is 5.27. The van der Waals surface area contributed by atoms with E-state index in [1.807, 2.05) is 6.92 Å². The van der Waals surface area contributed by atoms with Gasteiger partial charge < -0.3 is 5.32 Å². The van der Waals surface area contributed by atoms with Crippen LogP contribution in [0.15, 0.2) is 18.2 Å². The number of rotatable bonds is 3. The maximum absolute atomic E-state index is 12.5. The predicted octanol–water partition coefficient (Wildman–Crippen LogP) is 3.95. The number of anilines is 1. The van der Waals surface area contributed by atoms with E-state index in [0.29, 0.717) is 6.42 Å². The topological polar surface area (TPSA) is 52.9 Å². The number of carbonyl (C=O) groups excluding carboxylic acids is 1. The SMILES string of the molecule is CCC(C)(C)C(=O)Nc1ccc(C(F)(F)F)cc1C#N. The number of halogens is 3. The fourth-order valence-corrected chi connectivity index (χ4v) is 1.37. The molecule has 1 aromatic carbocycles. The molecule has 1 amide bonds. The van der Waals surface area contributed by atoms with E-state index in [0.717, 1.165) is 18.2 Å². The van der Waals surface area contributed by atoms with Gasteiger partial charge in [-0.05, 0) is 24.6 Å². The summed E-state index contributed by atoms with van der Waals surface area (Å²) in [7, 11) is 0. The molecule has 0 aromatic heterocycles. The Hall–Kier alpha value is -2.03. The van der Waals surface area contributed by atoms with Gasteiger partial charge in [0.05, 0.1) is 16.8 Å². The first-order chi connectivity index (χ1) is 9.11. The van der Waals surface area contributed by atoms with Gasteiger partial charge in [0, 0.05) is 5.41 Å². The van der Waals surface area contributed by atoms with Crippen molar-refractivity contribution in [2.45, 2.75) is 33.4 Å². The van der Waals surface area contributed by atoms with Crippen LogP contribution < -0.4 is 5.32 Å². The smallest absolute Gasteiger partial charge is 0.324 e. The lowest BCUT2D eigenvalue weighted by molar-refractivity contribution is -0.137. The number of carbonyl (C=O) groups is 1. The van der Waals surface area contributed by atoms with Gasteiger partial charge in [-0.3, -0.25) is 4.79 Å². The molecule has 0 atom stereocenters. The second-order valence-corrected chi connectivity index (χ2v) is 5.06. The van der Waals surface area contributed by atoms with Crippen LogP contribution in [0.4, 0.5) is 18.9 Å². The third-order valence-corrected chi connectivity index (χ3v) is 3.21. The maximum Gasteiger partial charge on any atom is 0.416 e. The van der Waals surface area contributed by atoms with E-state index in [4.69, 9.17) is 5.26 Å². The molecule has 1 aromatic rings. The Morgan fingerprint density at radius 2 is 1.95 bits per heavy atom. The van der Waals surface area contributed by atoms with Crippen LogP contribution in [0.3, 0.4) is 0 Å². The van der Waals surface area contributed by atoms with Gasteiger partial charge in [0.2, 0.25) is 5.91 Å². The summed E-state index contributed by atoms with van der Waals surface area (Å²) < 4.78 is 37.6. The van der Waals surface area contributed by atoms with E-state index in [1.54, 1.807) is 19.9 Å². The van der Waals surface area contributed by atoms with Crippen LogP contribution in [0.25, 0.3) is 0 Å². The summed E-state index contributed by atoms with van der Waals surface area (Å²) in [5, 5.41) is 11.4. The van der Waals surface area contributed by atoms with Gasteiger partial charge in [0.1, 0.15) is 6.07 Å². The molecular formula is C14H15F3N2O. The standard InChI is InChI=1S/C14H15F3N2O/c1-4-13(2,3)12(20)19-11-6-5-10(14(15,16)17)7-9(11)8-18/h5-7H,4H2,1-3H3,(H,19,20). The normalized spacial score (nSPS) is 11.8. The zero-order valence-electron chi connectivity index (χ0n) is 11.4. The van der Waals surface area contributed by atoms with E-state index in [9.17, 15) is 18.0 Å². The van der Waals surface area contributed by atoms with Gasteiger partial charge in [-0.2, -0.15) is 18.4 Å². The minimum atomic E-state index is -4.52. The van der Waals surface area contributed by atoms with Gasteiger partial charge in [-0.1, -0.05) is 20.8 Å². The van der Waals surface area contributed by atoms with Crippen molar-refractivity contribution in [3.8, 4) is 6.07 Å². The summed E-state index contributed by atoms with van der Waals surface area (Å²) in [6, 6.07) is 4.34. The molecule has 0 radical (unpaired) electrons. The number of amides is 1. The highest BCUT2D eigenvalue weighted by atomic mass is 19.4. The number of nitrogens with zero attached hydrogens (tertiary/aromatic N) is 1. The van der Waals surface area contributed by atoms with Gasteiger partial charge >= 0.3 is 6.18 Å². The van der Waals surface area contributed by atoms with Crippen molar-refractivity contribution in [2.75, 3.05) is 5.32 Å². The summed E-state index contributed by atoms with van der Waals surface area (Å²) >= 11 is 0. The highest BCUT2D eigenvalue weighted by Gasteiger charge is 2.32. The molecule has 0 bridgehead atoms. The lowest BCUT2D eigenvalue weighted by atomic mass is 9.89. The third-order valence-electron chi connectivity index (χ3n) is 3.21. The number of nitrogens with one attached hydrogen (secondary N) is 1. The Kier molecular flexibility index (Phi) is 4.43. The number of alkyl halides is 3. The highest BCUT2D eigenvalue weighted by Crippen LogP contribution is 2.32. The summed E-state index contributed by atoms with van der Waals surface area (Å²) in [5.74, 6) is -0.337. The van der Waals surface area contributed by atoms with E-state index in [-0.39, 0.29) is 17.2 Å². The van der Waals surface area contributed by atoms with Crippen molar-refractivity contribution in [1.29, 1.82) is 5.26 Å². The molecule has 0 fully saturated rings. The monoisotopic (exact) mass is 284 g/mol. The van der Waals surface area contributed by atoms with Gasteiger partial charge in [-0.15, -0.1) is 0 Å². The number of hydrogen-bond acceptors (Lipinski definition) is 2. The molecule has 108 valence electrons. The first kappa shape index (κ1) is 16.0. The largest absolute Gasteiger partial charge is 0.416 e. The number of nitriles is 1. The van der Waals surface area contributed by atoms with E-state index >= 15 is 0 Å². The van der Waals surface area contributed by atoms with Gasteiger partial charge in [-0.25, -0.2) is 0 Å². The van der Waals surface area contributed by atoms with Crippen molar-refractivity contribution in [3.05, 3.63) is 29.3 Å². The van der Waals surface area contributed by atoms with Crippen molar-refractivity contribution in [3.63, 3.8) is 0 Å². The van der Waals surface area contributed by atoms with Crippen molar-refractivity contribution in [1.82, 2.24) is 0 Å². The molecule has 0 unspecified atom stereocenters. The van der Waals surface area contributed by atoms with Crippen LogP contribution in [0.1, 0.15) is 38.3 Å². The molecule has 0 saturated carbocycles. The summed E-state index contributed by atoms with van der Waals surface area (Å²) in [4.78, 5) is 12.0. The molecule has 0 spiro atoms. The zero-order valence-corrected chi connectivity index (χ0v) is 11.4. The van der Waals surface area contributed by atoms with Crippen LogP contribution >= 0.6 is 0 Å². The molecule has 3 nitrogen and oxygen atoms in total. The second kappa shape index (κ2) is 5.53. The Labute approximate surface area is 115 Å². The molecule has 0 aliphatic carbocycles. The molecule has 1 N–H and O–H groups in total. The predicted molar refractivity (Wildman–Crippen MR) is 68.9 cm³/mol. The summed E-state index contributed by atoms with van der Waals surface area (Å²) in [5.41, 5.74) is -1.69. The maximum atomic E-state index is 12.5. The van der Waals surface area contributed by atoms with E-state index in [2.05, 4.69) is 5.32 Å². The fourth-order valence-electron chi connectivity index (χ4n) is 1.37. The fraction of sp³-hybridized carbons (Fsp3) is 0.429.